The molecule has 1 aromatic carbocycles. The summed E-state index contributed by atoms with van der Waals surface area (Å²) in [5.41, 5.74) is 2.18. The van der Waals surface area contributed by atoms with E-state index in [0.29, 0.717) is 37.3 Å². The molecule has 2 aliphatic heterocycles. The maximum Gasteiger partial charge on any atom is 0.277 e. The average Bonchev–Trinajstić information content (AvgIpc) is 3.27. The highest BCUT2D eigenvalue weighted by atomic mass is 32.1. The monoisotopic (exact) mass is 396 g/mol. The first-order chi connectivity index (χ1) is 13.5. The first kappa shape index (κ1) is 18.9. The summed E-state index contributed by atoms with van der Waals surface area (Å²) in [6.45, 7) is 5.61. The number of nitrogens with zero attached hydrogens (tertiary/aromatic N) is 2. The molecular formula is C22H24N2O3S. The van der Waals surface area contributed by atoms with Crippen LogP contribution in [0.5, 0.6) is 0 Å². The van der Waals surface area contributed by atoms with Crippen LogP contribution in [0, 0.1) is 0 Å². The third-order valence-electron chi connectivity index (χ3n) is 5.11. The molecule has 2 aromatic rings. The molecule has 0 N–H and O–H groups in total. The first-order valence-electron chi connectivity index (χ1n) is 9.63. The fourth-order valence-corrected chi connectivity index (χ4v) is 4.71. The Morgan fingerprint density at radius 3 is 2.36 bits per heavy atom. The van der Waals surface area contributed by atoms with E-state index < -0.39 is 0 Å². The van der Waals surface area contributed by atoms with Crippen molar-refractivity contribution < 1.29 is 14.3 Å². The van der Waals surface area contributed by atoms with Gasteiger partial charge in [0.15, 0.2) is 0 Å². The van der Waals surface area contributed by atoms with E-state index in [4.69, 9.17) is 4.74 Å². The molecule has 0 spiro atoms. The second kappa shape index (κ2) is 7.89. The summed E-state index contributed by atoms with van der Waals surface area (Å²) in [6.07, 6.45) is 0.684. The van der Waals surface area contributed by atoms with Gasteiger partial charge in [-0.05, 0) is 37.3 Å². The van der Waals surface area contributed by atoms with Crippen molar-refractivity contribution in [3.63, 3.8) is 0 Å². The highest BCUT2D eigenvalue weighted by Gasteiger charge is 2.43. The fraction of sp³-hybridized carbons (Fsp3) is 0.364. The summed E-state index contributed by atoms with van der Waals surface area (Å²) in [7, 11) is 0. The third kappa shape index (κ3) is 3.62. The predicted octanol–water partition coefficient (Wildman–Crippen LogP) is 3.18. The highest BCUT2D eigenvalue weighted by Crippen LogP contribution is 2.35. The fourth-order valence-electron chi connectivity index (χ4n) is 3.95. The Hall–Kier alpha value is -2.44. The Morgan fingerprint density at radius 1 is 1.00 bits per heavy atom. The number of morpholine rings is 1. The summed E-state index contributed by atoms with van der Waals surface area (Å²) < 4.78 is 5.82. The van der Waals surface area contributed by atoms with E-state index in [9.17, 15) is 9.59 Å². The minimum Gasteiger partial charge on any atom is -0.372 e. The maximum atomic E-state index is 13.3. The van der Waals surface area contributed by atoms with Gasteiger partial charge in [0.05, 0.1) is 17.8 Å². The van der Waals surface area contributed by atoms with Crippen LogP contribution in [0.3, 0.4) is 0 Å². The van der Waals surface area contributed by atoms with Gasteiger partial charge in [0.25, 0.3) is 11.8 Å². The number of hydrogen-bond donors (Lipinski definition) is 0. The van der Waals surface area contributed by atoms with Crippen LogP contribution in [0.4, 0.5) is 0 Å². The summed E-state index contributed by atoms with van der Waals surface area (Å²) in [4.78, 5) is 30.9. The van der Waals surface area contributed by atoms with Gasteiger partial charge in [-0.25, -0.2) is 0 Å². The summed E-state index contributed by atoms with van der Waals surface area (Å²) >= 11 is 1.50. The predicted molar refractivity (Wildman–Crippen MR) is 110 cm³/mol. The number of carbonyl (C=O) groups is 2. The second-order valence-corrected chi connectivity index (χ2v) is 8.31. The van der Waals surface area contributed by atoms with Gasteiger partial charge < -0.3 is 9.64 Å². The van der Waals surface area contributed by atoms with Crippen molar-refractivity contribution >= 4 is 28.7 Å². The number of carbonyl (C=O) groups excluding carboxylic acids is 2. The lowest BCUT2D eigenvalue weighted by atomic mass is 10.1. The van der Waals surface area contributed by atoms with Crippen molar-refractivity contribution in [2.24, 2.45) is 0 Å². The van der Waals surface area contributed by atoms with E-state index >= 15 is 0 Å². The molecule has 5 nitrogen and oxygen atoms in total. The molecular weight excluding hydrogens is 372 g/mol. The Morgan fingerprint density at radius 2 is 1.71 bits per heavy atom. The van der Waals surface area contributed by atoms with Crippen LogP contribution in [0.1, 0.15) is 24.3 Å². The lowest BCUT2D eigenvalue weighted by molar-refractivity contribution is -0.138. The van der Waals surface area contributed by atoms with Crippen LogP contribution in [0.2, 0.25) is 0 Å². The van der Waals surface area contributed by atoms with Gasteiger partial charge >= 0.3 is 0 Å². The molecule has 6 heteroatoms. The second-order valence-electron chi connectivity index (χ2n) is 7.36. The lowest BCUT2D eigenvalue weighted by Gasteiger charge is -2.37. The molecule has 0 aliphatic carbocycles. The zero-order valence-electron chi connectivity index (χ0n) is 16.1. The third-order valence-corrected chi connectivity index (χ3v) is 6.00. The normalized spacial score (nSPS) is 23.1. The van der Waals surface area contributed by atoms with E-state index in [0.717, 1.165) is 10.4 Å². The van der Waals surface area contributed by atoms with Crippen LogP contribution in [-0.2, 0) is 20.7 Å². The molecule has 28 heavy (non-hydrogen) atoms. The molecule has 4 rings (SSSR count). The topological polar surface area (TPSA) is 49.9 Å². The number of ether oxygens (including phenoxy) is 1. The first-order valence-corrected chi connectivity index (χ1v) is 10.5. The summed E-state index contributed by atoms with van der Waals surface area (Å²) in [5, 5.41) is 1.94. The van der Waals surface area contributed by atoms with E-state index in [1.54, 1.807) is 0 Å². The number of thiophene rings is 1. The highest BCUT2D eigenvalue weighted by molar-refractivity contribution is 7.11. The van der Waals surface area contributed by atoms with E-state index in [1.807, 2.05) is 66.6 Å². The van der Waals surface area contributed by atoms with Gasteiger partial charge in [-0.3, -0.25) is 14.5 Å². The smallest absolute Gasteiger partial charge is 0.277 e. The Labute approximate surface area is 169 Å². The van der Waals surface area contributed by atoms with E-state index in [2.05, 4.69) is 0 Å². The van der Waals surface area contributed by atoms with Crippen molar-refractivity contribution in [2.75, 3.05) is 19.6 Å². The van der Waals surface area contributed by atoms with Crippen LogP contribution in [0.15, 0.2) is 53.5 Å². The quantitative estimate of drug-likeness (QED) is 0.729. The molecule has 1 saturated heterocycles. The minimum atomic E-state index is -0.190. The standard InChI is InChI=1S/C22H24N2O3S/c1-15-13-23(14-16(2)27-15)20-19(18-9-6-12-28-18)21(25)24(22(20)26)11-10-17-7-4-3-5-8-17/h3-9,12,15-16H,10-11,13-14H2,1-2H3. The lowest BCUT2D eigenvalue weighted by Crippen LogP contribution is -2.47. The Kier molecular flexibility index (Phi) is 5.33. The number of imide groups is 1. The average molecular weight is 397 g/mol. The van der Waals surface area contributed by atoms with Crippen molar-refractivity contribution in [1.82, 2.24) is 9.80 Å². The maximum absolute atomic E-state index is 13.3. The largest absolute Gasteiger partial charge is 0.372 e. The zero-order valence-corrected chi connectivity index (χ0v) is 16.9. The Balaban J connectivity index is 1.64. The van der Waals surface area contributed by atoms with Gasteiger partial charge in [-0.2, -0.15) is 0 Å². The molecule has 0 bridgehead atoms. The molecule has 1 aromatic heterocycles. The van der Waals surface area contributed by atoms with Crippen LogP contribution >= 0.6 is 11.3 Å². The molecule has 0 saturated carbocycles. The minimum absolute atomic E-state index is 0.0158. The van der Waals surface area contributed by atoms with Crippen molar-refractivity contribution in [3.05, 3.63) is 64.0 Å². The van der Waals surface area contributed by atoms with Crippen LogP contribution in [-0.4, -0.2) is 53.5 Å². The van der Waals surface area contributed by atoms with Gasteiger partial charge in [0.1, 0.15) is 5.70 Å². The van der Waals surface area contributed by atoms with Crippen LogP contribution in [0.25, 0.3) is 5.57 Å². The number of benzene rings is 1. The van der Waals surface area contributed by atoms with Gasteiger partial charge in [0, 0.05) is 24.5 Å². The van der Waals surface area contributed by atoms with Crippen molar-refractivity contribution in [3.8, 4) is 0 Å². The number of hydrogen-bond acceptors (Lipinski definition) is 5. The zero-order chi connectivity index (χ0) is 19.7. The van der Waals surface area contributed by atoms with Crippen molar-refractivity contribution in [2.45, 2.75) is 32.5 Å². The van der Waals surface area contributed by atoms with Gasteiger partial charge in [-0.15, -0.1) is 11.3 Å². The molecule has 2 atom stereocenters. The van der Waals surface area contributed by atoms with E-state index in [1.165, 1.54) is 16.2 Å². The SMILES string of the molecule is CC1CN(C2=C(c3cccs3)C(=O)N(CCc3ccccc3)C2=O)CC(C)O1. The summed E-state index contributed by atoms with van der Waals surface area (Å²) in [5.74, 6) is -0.379. The van der Waals surface area contributed by atoms with Gasteiger partial charge in [0.2, 0.25) is 0 Å². The number of rotatable bonds is 5. The molecule has 3 heterocycles. The molecule has 2 aliphatic rings. The molecule has 146 valence electrons. The molecule has 1 fully saturated rings. The van der Waals surface area contributed by atoms with Crippen LogP contribution < -0.4 is 0 Å². The Bertz CT molecular complexity index is 882. The molecule has 2 amide bonds. The van der Waals surface area contributed by atoms with Gasteiger partial charge in [-0.1, -0.05) is 36.4 Å². The van der Waals surface area contributed by atoms with E-state index in [-0.39, 0.29) is 24.0 Å². The number of amides is 2. The molecule has 0 radical (unpaired) electrons. The summed E-state index contributed by atoms with van der Waals surface area (Å²) in [6, 6.07) is 13.8. The van der Waals surface area contributed by atoms with Crippen molar-refractivity contribution in [1.29, 1.82) is 0 Å². The molecule has 2 unspecified atom stereocenters.